The van der Waals surface area contributed by atoms with Crippen LogP contribution >= 0.6 is 0 Å². The van der Waals surface area contributed by atoms with Crippen molar-refractivity contribution < 1.29 is 0 Å². The first-order valence-electron chi connectivity index (χ1n) is 4.00. The van der Waals surface area contributed by atoms with E-state index in [0.29, 0.717) is 0 Å². The summed E-state index contributed by atoms with van der Waals surface area (Å²) in [6.07, 6.45) is 8.03. The number of aromatic nitrogens is 1. The molecular weight excluding hydrogens is 148 g/mol. The number of nitrogens with zero attached hydrogens (tertiary/aromatic N) is 1. The van der Waals surface area contributed by atoms with Gasteiger partial charge in [-0.2, -0.15) is 0 Å². The molecule has 2 nitrogen and oxygen atoms in total. The summed E-state index contributed by atoms with van der Waals surface area (Å²) in [5.41, 5.74) is 1.73. The highest BCUT2D eigenvalue weighted by Gasteiger charge is 1.93. The van der Waals surface area contributed by atoms with E-state index in [4.69, 9.17) is 5.41 Å². The number of rotatable bonds is 3. The molecule has 0 saturated heterocycles. The van der Waals surface area contributed by atoms with Gasteiger partial charge in [0.25, 0.3) is 0 Å². The summed E-state index contributed by atoms with van der Waals surface area (Å²) >= 11 is 0. The monoisotopic (exact) mass is 160 g/mol. The fourth-order valence-corrected chi connectivity index (χ4v) is 0.936. The Bertz CT molecular complexity index is 290. The molecule has 0 aliphatic rings. The molecule has 0 aromatic carbocycles. The van der Waals surface area contributed by atoms with E-state index in [-0.39, 0.29) is 0 Å². The van der Waals surface area contributed by atoms with Crippen molar-refractivity contribution in [2.75, 3.05) is 0 Å². The van der Waals surface area contributed by atoms with E-state index >= 15 is 0 Å². The predicted molar refractivity (Wildman–Crippen MR) is 51.4 cm³/mol. The Morgan fingerprint density at radius 2 is 2.42 bits per heavy atom. The molecule has 0 bridgehead atoms. The van der Waals surface area contributed by atoms with Gasteiger partial charge in [-0.15, -0.1) is 0 Å². The molecule has 2 heteroatoms. The zero-order valence-electron chi connectivity index (χ0n) is 7.12. The average Bonchev–Trinajstić information content (AvgIpc) is 2.15. The minimum absolute atomic E-state index is 0.724. The smallest absolute Gasteiger partial charge is 0.0877 e. The molecule has 0 aliphatic heterocycles. The van der Waals surface area contributed by atoms with Crippen molar-refractivity contribution in [2.45, 2.75) is 13.3 Å². The summed E-state index contributed by atoms with van der Waals surface area (Å²) in [4.78, 5) is 4.06. The molecule has 0 saturated carbocycles. The van der Waals surface area contributed by atoms with E-state index in [0.717, 1.165) is 17.7 Å². The summed E-state index contributed by atoms with van der Waals surface area (Å²) < 4.78 is 0. The molecule has 0 fully saturated rings. The van der Waals surface area contributed by atoms with E-state index in [1.807, 2.05) is 18.2 Å². The maximum Gasteiger partial charge on any atom is 0.0877 e. The van der Waals surface area contributed by atoms with Crippen LogP contribution in [0.5, 0.6) is 0 Å². The van der Waals surface area contributed by atoms with Crippen molar-refractivity contribution in [3.63, 3.8) is 0 Å². The number of nitrogens with one attached hydrogen (secondary N) is 1. The molecule has 0 amide bonds. The fraction of sp³-hybridized carbons (Fsp3) is 0.200. The van der Waals surface area contributed by atoms with Gasteiger partial charge in [0.05, 0.1) is 5.69 Å². The normalized spacial score (nSPS) is 10.4. The lowest BCUT2D eigenvalue weighted by atomic mass is 10.2. The van der Waals surface area contributed by atoms with Crippen LogP contribution in [0.25, 0.3) is 6.08 Å². The summed E-state index contributed by atoms with van der Waals surface area (Å²) in [5, 5.41) is 7.10. The van der Waals surface area contributed by atoms with Crippen LogP contribution in [-0.2, 0) is 0 Å². The first-order chi connectivity index (χ1) is 5.88. The van der Waals surface area contributed by atoms with E-state index in [1.165, 1.54) is 6.21 Å². The van der Waals surface area contributed by atoms with Crippen molar-refractivity contribution in [3.8, 4) is 0 Å². The molecule has 1 rings (SSSR count). The van der Waals surface area contributed by atoms with Crippen LogP contribution in [0, 0.1) is 5.41 Å². The summed E-state index contributed by atoms with van der Waals surface area (Å²) in [6.45, 7) is 2.08. The van der Waals surface area contributed by atoms with Gasteiger partial charge < -0.3 is 5.41 Å². The van der Waals surface area contributed by atoms with Crippen LogP contribution in [0.4, 0.5) is 0 Å². The van der Waals surface area contributed by atoms with Crippen molar-refractivity contribution in [1.82, 2.24) is 4.98 Å². The van der Waals surface area contributed by atoms with E-state index in [9.17, 15) is 0 Å². The van der Waals surface area contributed by atoms with Gasteiger partial charge in [-0.05, 0) is 12.5 Å². The zero-order chi connectivity index (χ0) is 8.81. The minimum atomic E-state index is 0.724. The Morgan fingerprint density at radius 1 is 1.58 bits per heavy atom. The largest absolute Gasteiger partial charge is 0.306 e. The van der Waals surface area contributed by atoms with E-state index < -0.39 is 0 Å². The zero-order valence-corrected chi connectivity index (χ0v) is 7.12. The molecule has 0 radical (unpaired) electrons. The molecule has 0 atom stereocenters. The lowest BCUT2D eigenvalue weighted by Crippen LogP contribution is -1.89. The molecular formula is C10H12N2. The molecule has 0 aliphatic carbocycles. The summed E-state index contributed by atoms with van der Waals surface area (Å²) in [5.74, 6) is 0. The fourth-order valence-electron chi connectivity index (χ4n) is 0.936. The lowest BCUT2D eigenvalue weighted by molar-refractivity contribution is 1.23. The van der Waals surface area contributed by atoms with Crippen molar-refractivity contribution in [1.29, 1.82) is 5.41 Å². The standard InChI is InChI=1S/C10H12N2/c1-2-3-5-9-6-4-7-12-10(9)8-11/h3-8,11H,2H2,1H3/b5-3-,11-8?. The average molecular weight is 160 g/mol. The summed E-state index contributed by atoms with van der Waals surface area (Å²) in [7, 11) is 0. The lowest BCUT2D eigenvalue weighted by Gasteiger charge is -1.96. The van der Waals surface area contributed by atoms with Crippen LogP contribution < -0.4 is 0 Å². The Balaban J connectivity index is 2.96. The minimum Gasteiger partial charge on any atom is -0.306 e. The Labute approximate surface area is 72.5 Å². The van der Waals surface area contributed by atoms with Crippen molar-refractivity contribution in [2.24, 2.45) is 0 Å². The third-order valence-electron chi connectivity index (χ3n) is 1.54. The second-order valence-electron chi connectivity index (χ2n) is 2.43. The van der Waals surface area contributed by atoms with Gasteiger partial charge in [0.2, 0.25) is 0 Å². The highest BCUT2D eigenvalue weighted by Crippen LogP contribution is 2.05. The van der Waals surface area contributed by atoms with E-state index in [2.05, 4.69) is 18.0 Å². The van der Waals surface area contributed by atoms with Crippen molar-refractivity contribution in [3.05, 3.63) is 35.7 Å². The number of allylic oxidation sites excluding steroid dienone is 1. The Kier molecular flexibility index (Phi) is 3.20. The van der Waals surface area contributed by atoms with Crippen LogP contribution in [0.2, 0.25) is 0 Å². The SMILES string of the molecule is CC/C=C\c1cccnc1C=N. The molecule has 0 spiro atoms. The highest BCUT2D eigenvalue weighted by molar-refractivity contribution is 5.80. The third kappa shape index (κ3) is 2.02. The number of pyridine rings is 1. The maximum absolute atomic E-state index is 7.10. The van der Waals surface area contributed by atoms with Crippen LogP contribution in [0.1, 0.15) is 24.6 Å². The number of hydrogen-bond acceptors (Lipinski definition) is 2. The van der Waals surface area contributed by atoms with Gasteiger partial charge in [-0.3, -0.25) is 4.98 Å². The second-order valence-corrected chi connectivity index (χ2v) is 2.43. The molecule has 1 N–H and O–H groups in total. The van der Waals surface area contributed by atoms with E-state index in [1.54, 1.807) is 6.20 Å². The van der Waals surface area contributed by atoms with Crippen LogP contribution in [0.3, 0.4) is 0 Å². The third-order valence-corrected chi connectivity index (χ3v) is 1.54. The first kappa shape index (κ1) is 8.65. The Hall–Kier alpha value is -1.44. The molecule has 1 aromatic rings. The van der Waals surface area contributed by atoms with Crippen molar-refractivity contribution >= 4 is 12.3 Å². The predicted octanol–water partition coefficient (Wildman–Crippen LogP) is 2.50. The quantitative estimate of drug-likeness (QED) is 0.677. The summed E-state index contributed by atoms with van der Waals surface area (Å²) in [6, 6.07) is 3.84. The molecule has 1 heterocycles. The maximum atomic E-state index is 7.10. The van der Waals surface area contributed by atoms with Gasteiger partial charge in [0, 0.05) is 18.0 Å². The van der Waals surface area contributed by atoms with Gasteiger partial charge >= 0.3 is 0 Å². The van der Waals surface area contributed by atoms with Gasteiger partial charge in [0.15, 0.2) is 0 Å². The van der Waals surface area contributed by atoms with Gasteiger partial charge in [-0.1, -0.05) is 25.1 Å². The topological polar surface area (TPSA) is 36.7 Å². The van der Waals surface area contributed by atoms with Gasteiger partial charge in [-0.25, -0.2) is 0 Å². The van der Waals surface area contributed by atoms with Gasteiger partial charge in [0.1, 0.15) is 0 Å². The molecule has 12 heavy (non-hydrogen) atoms. The first-order valence-corrected chi connectivity index (χ1v) is 4.00. The second kappa shape index (κ2) is 4.44. The Morgan fingerprint density at radius 3 is 3.08 bits per heavy atom. The molecule has 62 valence electrons. The molecule has 0 unspecified atom stereocenters. The van der Waals surface area contributed by atoms with Crippen LogP contribution in [0.15, 0.2) is 24.4 Å². The van der Waals surface area contributed by atoms with Crippen LogP contribution in [-0.4, -0.2) is 11.2 Å². The number of hydrogen-bond donors (Lipinski definition) is 1. The molecule has 1 aromatic heterocycles. The highest BCUT2D eigenvalue weighted by atomic mass is 14.7.